The molecule has 0 unspecified atom stereocenters. The van der Waals surface area contributed by atoms with E-state index in [-0.39, 0.29) is 37.3 Å². The first-order valence-corrected chi connectivity index (χ1v) is 9.10. The smallest absolute Gasteiger partial charge is 0.492 e. The Balaban J connectivity index is 0.00000210. The minimum atomic E-state index is -0.798. The molecule has 3 aliphatic rings. The number of carboxylic acids is 1. The van der Waals surface area contributed by atoms with E-state index in [1.54, 1.807) is 0 Å². The van der Waals surface area contributed by atoms with E-state index in [0.717, 1.165) is 29.9 Å². The Morgan fingerprint density at radius 1 is 1.41 bits per heavy atom. The Morgan fingerprint density at radius 3 is 3.00 bits per heavy atom. The van der Waals surface area contributed by atoms with Crippen LogP contribution in [0.3, 0.4) is 0 Å². The summed E-state index contributed by atoms with van der Waals surface area (Å²) in [5.41, 5.74) is 4.94. The fourth-order valence-electron chi connectivity index (χ4n) is 4.10. The van der Waals surface area contributed by atoms with Crippen molar-refractivity contribution < 1.29 is 38.2 Å². The van der Waals surface area contributed by atoms with E-state index in [2.05, 4.69) is 32.1 Å². The summed E-state index contributed by atoms with van der Waals surface area (Å²) in [4.78, 5) is 11.0. The van der Waals surface area contributed by atoms with Gasteiger partial charge in [0.1, 0.15) is 17.6 Å². The van der Waals surface area contributed by atoms with E-state index in [4.69, 9.17) is 14.6 Å². The van der Waals surface area contributed by atoms with Crippen LogP contribution in [0.1, 0.15) is 44.6 Å². The minimum Gasteiger partial charge on any atom is -0.492 e. The normalized spacial score (nSPS) is 23.0. The second kappa shape index (κ2) is 7.92. The summed E-state index contributed by atoms with van der Waals surface area (Å²) in [5.74, 6) is 1.91. The second-order valence-corrected chi connectivity index (χ2v) is 7.29. The van der Waals surface area contributed by atoms with Crippen molar-refractivity contribution >= 4 is 5.97 Å². The maximum absolute atomic E-state index is 11.0. The van der Waals surface area contributed by atoms with Gasteiger partial charge in [-0.05, 0) is 18.9 Å². The molecular formula is C22H23LiO4. The zero-order valence-electron chi connectivity index (χ0n) is 16.1. The van der Waals surface area contributed by atoms with Crippen LogP contribution in [0.5, 0.6) is 11.5 Å². The van der Waals surface area contributed by atoms with Crippen LogP contribution in [0.4, 0.5) is 0 Å². The maximum atomic E-state index is 11.0. The van der Waals surface area contributed by atoms with Crippen molar-refractivity contribution in [3.8, 4) is 11.5 Å². The summed E-state index contributed by atoms with van der Waals surface area (Å²) >= 11 is 0. The molecule has 1 aliphatic heterocycles. The van der Waals surface area contributed by atoms with E-state index in [0.29, 0.717) is 6.61 Å². The first kappa shape index (κ1) is 19.7. The number of aliphatic carboxylic acids is 1. The number of benzene rings is 1. The van der Waals surface area contributed by atoms with E-state index in [9.17, 15) is 4.79 Å². The van der Waals surface area contributed by atoms with Crippen molar-refractivity contribution in [3.63, 3.8) is 0 Å². The molecule has 1 aromatic carbocycles. The zero-order valence-corrected chi connectivity index (χ0v) is 16.1. The number of fused-ring (bicyclic) bond motifs is 1. The SMILES string of the molecule is CC1=C[C-](C)C=CC2=C1CC[C@H]2Oc1ccc2c(c1)OC[C@H]2CC(=O)O.[Li+]. The molecule has 0 saturated carbocycles. The van der Waals surface area contributed by atoms with Crippen LogP contribution in [0.15, 0.2) is 53.1 Å². The molecule has 0 radical (unpaired) electrons. The Hall–Kier alpha value is -2.02. The maximum Gasteiger partial charge on any atom is 1.00 e. The molecule has 136 valence electrons. The van der Waals surface area contributed by atoms with Crippen LogP contribution in [0, 0.1) is 5.92 Å². The molecule has 0 spiro atoms. The molecule has 5 heteroatoms. The summed E-state index contributed by atoms with van der Waals surface area (Å²) in [6.07, 6.45) is 8.70. The van der Waals surface area contributed by atoms with Crippen LogP contribution in [0.2, 0.25) is 0 Å². The topological polar surface area (TPSA) is 55.8 Å². The third-order valence-corrected chi connectivity index (χ3v) is 5.36. The van der Waals surface area contributed by atoms with E-state index in [1.165, 1.54) is 22.6 Å². The first-order valence-electron chi connectivity index (χ1n) is 9.10. The third-order valence-electron chi connectivity index (χ3n) is 5.36. The molecule has 0 bridgehead atoms. The van der Waals surface area contributed by atoms with E-state index >= 15 is 0 Å². The van der Waals surface area contributed by atoms with Gasteiger partial charge in [0.05, 0.1) is 13.0 Å². The molecule has 1 heterocycles. The van der Waals surface area contributed by atoms with E-state index in [1.807, 2.05) is 18.2 Å². The first-order chi connectivity index (χ1) is 12.5. The van der Waals surface area contributed by atoms with Gasteiger partial charge in [-0.15, -0.1) is 11.1 Å². The molecule has 4 nitrogen and oxygen atoms in total. The Kier molecular flexibility index (Phi) is 5.79. The molecule has 0 saturated heterocycles. The quantitative estimate of drug-likeness (QED) is 0.656. The van der Waals surface area contributed by atoms with Gasteiger partial charge in [0, 0.05) is 17.5 Å². The van der Waals surface area contributed by atoms with Crippen molar-refractivity contribution in [2.45, 2.75) is 45.1 Å². The summed E-state index contributed by atoms with van der Waals surface area (Å²) in [7, 11) is 0. The number of ether oxygens (including phenoxy) is 2. The molecule has 4 rings (SSSR count). The van der Waals surface area contributed by atoms with Crippen molar-refractivity contribution in [1.82, 2.24) is 0 Å². The van der Waals surface area contributed by atoms with Crippen LogP contribution in [0.25, 0.3) is 0 Å². The zero-order chi connectivity index (χ0) is 18.3. The van der Waals surface area contributed by atoms with Crippen molar-refractivity contribution in [3.05, 3.63) is 64.6 Å². The summed E-state index contributed by atoms with van der Waals surface area (Å²) < 4.78 is 12.0. The average molecular weight is 358 g/mol. The van der Waals surface area contributed by atoms with Gasteiger partial charge in [0.2, 0.25) is 0 Å². The fraction of sp³-hybridized carbons (Fsp3) is 0.364. The van der Waals surface area contributed by atoms with Crippen molar-refractivity contribution in [1.29, 1.82) is 0 Å². The van der Waals surface area contributed by atoms with Gasteiger partial charge >= 0.3 is 24.8 Å². The molecule has 0 amide bonds. The van der Waals surface area contributed by atoms with Crippen LogP contribution >= 0.6 is 0 Å². The number of carbonyl (C=O) groups is 1. The Labute approximate surface area is 172 Å². The molecule has 2 aliphatic carbocycles. The predicted octanol–water partition coefficient (Wildman–Crippen LogP) is 1.59. The minimum absolute atomic E-state index is 0. The molecule has 0 fully saturated rings. The van der Waals surface area contributed by atoms with Crippen molar-refractivity contribution in [2.75, 3.05) is 6.61 Å². The summed E-state index contributed by atoms with van der Waals surface area (Å²) in [6, 6.07) is 5.78. The standard InChI is InChI=1S/C22H23O4.Li/c1-13-3-5-19-17(14(2)9-13)7-8-20(19)26-16-4-6-18-15(10-22(23)24)12-25-21(18)11-16;/h3-6,9,11,15,20H,7-8,10,12H2,1-2H3,(H,23,24);/q-1;+1/t15-,20-;/m1./s1. The van der Waals surface area contributed by atoms with Crippen LogP contribution < -0.4 is 28.3 Å². The van der Waals surface area contributed by atoms with Gasteiger partial charge in [-0.25, -0.2) is 0 Å². The van der Waals surface area contributed by atoms with E-state index < -0.39 is 5.97 Å². The molecule has 1 N–H and O–H groups in total. The largest absolute Gasteiger partial charge is 1.00 e. The Morgan fingerprint density at radius 2 is 2.22 bits per heavy atom. The number of carboxylic acid groups (broad SMARTS) is 1. The molecule has 1 aromatic rings. The van der Waals surface area contributed by atoms with Gasteiger partial charge < -0.3 is 14.6 Å². The Bertz CT molecular complexity index is 837. The molecule has 2 atom stereocenters. The van der Waals surface area contributed by atoms with Crippen molar-refractivity contribution in [2.24, 2.45) is 0 Å². The number of hydrogen-bond donors (Lipinski definition) is 1. The van der Waals surface area contributed by atoms with Gasteiger partial charge in [0.15, 0.2) is 0 Å². The third kappa shape index (κ3) is 3.97. The van der Waals surface area contributed by atoms with Crippen LogP contribution in [-0.4, -0.2) is 23.8 Å². The number of allylic oxidation sites excluding steroid dienone is 4. The monoisotopic (exact) mass is 358 g/mol. The number of hydrogen-bond acceptors (Lipinski definition) is 3. The fourth-order valence-corrected chi connectivity index (χ4v) is 4.10. The second-order valence-electron chi connectivity index (χ2n) is 7.29. The average Bonchev–Trinajstić information content (AvgIpc) is 3.13. The van der Waals surface area contributed by atoms with Gasteiger partial charge in [-0.3, -0.25) is 4.79 Å². The summed E-state index contributed by atoms with van der Waals surface area (Å²) in [5, 5.41) is 9.02. The van der Waals surface area contributed by atoms with Gasteiger partial charge in [-0.1, -0.05) is 25.5 Å². The summed E-state index contributed by atoms with van der Waals surface area (Å²) in [6.45, 7) is 4.70. The van der Waals surface area contributed by atoms with Crippen LogP contribution in [-0.2, 0) is 4.79 Å². The molecular weight excluding hydrogens is 335 g/mol. The predicted molar refractivity (Wildman–Crippen MR) is 99.4 cm³/mol. The number of rotatable bonds is 4. The van der Waals surface area contributed by atoms with Gasteiger partial charge in [0.25, 0.3) is 0 Å². The van der Waals surface area contributed by atoms with Gasteiger partial charge in [-0.2, -0.15) is 24.1 Å². The molecule has 0 aromatic heterocycles. The molecule has 27 heavy (non-hydrogen) atoms.